The van der Waals surface area contributed by atoms with E-state index in [2.05, 4.69) is 30.9 Å². The number of nitrogens with zero attached hydrogens (tertiary/aromatic N) is 2. The van der Waals surface area contributed by atoms with Crippen molar-refractivity contribution in [2.45, 2.75) is 26.7 Å². The van der Waals surface area contributed by atoms with Crippen LogP contribution in [0.15, 0.2) is 12.1 Å². The Kier molecular flexibility index (Phi) is 3.46. The molecule has 0 amide bonds. The summed E-state index contributed by atoms with van der Waals surface area (Å²) in [6.07, 6.45) is 2.40. The number of aromatic nitrogens is 1. The minimum absolute atomic E-state index is 0.703. The minimum Gasteiger partial charge on any atom is -0.348 e. The Labute approximate surface area is 118 Å². The van der Waals surface area contributed by atoms with Crippen molar-refractivity contribution in [1.82, 2.24) is 4.98 Å². The van der Waals surface area contributed by atoms with Gasteiger partial charge in [0.15, 0.2) is 5.13 Å². The van der Waals surface area contributed by atoms with Gasteiger partial charge in [-0.3, -0.25) is 0 Å². The lowest BCUT2D eigenvalue weighted by Gasteiger charge is -2.30. The molecule has 19 heavy (non-hydrogen) atoms. The van der Waals surface area contributed by atoms with E-state index in [1.807, 2.05) is 11.3 Å². The molecule has 1 fully saturated rings. The van der Waals surface area contributed by atoms with E-state index in [1.165, 1.54) is 39.3 Å². The molecule has 0 saturated carbocycles. The number of piperidine rings is 1. The number of fused-ring (bicyclic) bond motifs is 1. The Hall–Kier alpha value is -1.13. The van der Waals surface area contributed by atoms with Crippen LogP contribution in [0.4, 0.5) is 5.13 Å². The summed E-state index contributed by atoms with van der Waals surface area (Å²) in [5, 5.41) is 1.18. The molecule has 102 valence electrons. The maximum atomic E-state index is 5.76. The van der Waals surface area contributed by atoms with E-state index in [1.54, 1.807) is 0 Å². The van der Waals surface area contributed by atoms with Crippen LogP contribution in [0.3, 0.4) is 0 Å². The van der Waals surface area contributed by atoms with Crippen LogP contribution in [-0.4, -0.2) is 24.6 Å². The zero-order valence-electron chi connectivity index (χ0n) is 11.6. The predicted octanol–water partition coefficient (Wildman–Crippen LogP) is 3.09. The second kappa shape index (κ2) is 5.10. The highest BCUT2D eigenvalue weighted by molar-refractivity contribution is 7.22. The standard InChI is InChI=1S/C15H21N3S/c1-10-3-4-11(2)14-13(10)17-15(19-14)18-7-5-12(9-16)6-8-18/h3-4,12H,5-9,16H2,1-2H3. The maximum Gasteiger partial charge on any atom is 0.186 e. The first kappa shape index (κ1) is 12.9. The molecule has 0 aliphatic carbocycles. The molecule has 3 nitrogen and oxygen atoms in total. The van der Waals surface area contributed by atoms with E-state index < -0.39 is 0 Å². The van der Waals surface area contributed by atoms with Crippen molar-refractivity contribution in [3.63, 3.8) is 0 Å². The molecular weight excluding hydrogens is 254 g/mol. The molecule has 0 radical (unpaired) electrons. The Bertz CT molecular complexity index is 543. The molecule has 1 aliphatic rings. The smallest absolute Gasteiger partial charge is 0.186 e. The van der Waals surface area contributed by atoms with Crippen LogP contribution < -0.4 is 10.6 Å². The number of hydrogen-bond donors (Lipinski definition) is 1. The molecule has 0 atom stereocenters. The zero-order chi connectivity index (χ0) is 13.4. The summed E-state index contributed by atoms with van der Waals surface area (Å²) in [5.74, 6) is 0.703. The summed E-state index contributed by atoms with van der Waals surface area (Å²) < 4.78 is 1.34. The number of benzene rings is 1. The number of hydrogen-bond acceptors (Lipinski definition) is 4. The van der Waals surface area contributed by atoms with Crippen LogP contribution in [0.25, 0.3) is 10.2 Å². The molecule has 2 N–H and O–H groups in total. The molecule has 1 aliphatic heterocycles. The number of nitrogens with two attached hydrogens (primary N) is 1. The molecule has 1 aromatic heterocycles. The summed E-state index contributed by atoms with van der Waals surface area (Å²) in [5.41, 5.74) is 9.55. The van der Waals surface area contributed by atoms with Crippen LogP contribution in [0.5, 0.6) is 0 Å². The normalized spacial score (nSPS) is 17.3. The average molecular weight is 275 g/mol. The fourth-order valence-corrected chi connectivity index (χ4v) is 3.91. The molecule has 2 aromatic rings. The van der Waals surface area contributed by atoms with Gasteiger partial charge in [-0.1, -0.05) is 23.5 Å². The van der Waals surface area contributed by atoms with Crippen LogP contribution in [0, 0.1) is 19.8 Å². The van der Waals surface area contributed by atoms with E-state index in [9.17, 15) is 0 Å². The third-order valence-electron chi connectivity index (χ3n) is 4.15. The van der Waals surface area contributed by atoms with E-state index in [0.29, 0.717) is 5.92 Å². The van der Waals surface area contributed by atoms with Crippen molar-refractivity contribution >= 4 is 26.7 Å². The van der Waals surface area contributed by atoms with Crippen molar-refractivity contribution < 1.29 is 0 Å². The third kappa shape index (κ3) is 2.35. The first-order valence-electron chi connectivity index (χ1n) is 7.01. The summed E-state index contributed by atoms with van der Waals surface area (Å²) in [6.45, 7) is 7.34. The molecule has 0 bridgehead atoms. The Morgan fingerprint density at radius 1 is 1.26 bits per heavy atom. The SMILES string of the molecule is Cc1ccc(C)c2sc(N3CCC(CN)CC3)nc12. The highest BCUT2D eigenvalue weighted by Gasteiger charge is 2.21. The van der Waals surface area contributed by atoms with Gasteiger partial charge in [0.25, 0.3) is 0 Å². The summed E-state index contributed by atoms with van der Waals surface area (Å²) >= 11 is 1.84. The van der Waals surface area contributed by atoms with Crippen molar-refractivity contribution in [3.8, 4) is 0 Å². The Morgan fingerprint density at radius 3 is 2.58 bits per heavy atom. The fourth-order valence-electron chi connectivity index (χ4n) is 2.74. The van der Waals surface area contributed by atoms with E-state index in [4.69, 9.17) is 10.7 Å². The number of aryl methyl sites for hydroxylation is 2. The molecule has 0 unspecified atom stereocenters. The van der Waals surface area contributed by atoms with Crippen molar-refractivity contribution in [3.05, 3.63) is 23.3 Å². The molecule has 1 saturated heterocycles. The van der Waals surface area contributed by atoms with E-state index in [0.717, 1.165) is 19.6 Å². The highest BCUT2D eigenvalue weighted by atomic mass is 32.1. The molecule has 1 aromatic carbocycles. The van der Waals surface area contributed by atoms with Gasteiger partial charge >= 0.3 is 0 Å². The van der Waals surface area contributed by atoms with Crippen LogP contribution in [0.1, 0.15) is 24.0 Å². The maximum absolute atomic E-state index is 5.76. The van der Waals surface area contributed by atoms with Gasteiger partial charge in [-0.05, 0) is 50.3 Å². The fraction of sp³-hybridized carbons (Fsp3) is 0.533. The van der Waals surface area contributed by atoms with Gasteiger partial charge in [-0.15, -0.1) is 0 Å². The van der Waals surface area contributed by atoms with Gasteiger partial charge in [0.05, 0.1) is 10.2 Å². The van der Waals surface area contributed by atoms with Crippen molar-refractivity contribution in [2.75, 3.05) is 24.5 Å². The first-order chi connectivity index (χ1) is 9.19. The second-order valence-electron chi connectivity index (χ2n) is 5.54. The molecule has 2 heterocycles. The van der Waals surface area contributed by atoms with Crippen LogP contribution >= 0.6 is 11.3 Å². The lowest BCUT2D eigenvalue weighted by atomic mass is 9.98. The molecule has 4 heteroatoms. The molecular formula is C15H21N3S. The van der Waals surface area contributed by atoms with Gasteiger partial charge < -0.3 is 10.6 Å². The predicted molar refractivity (Wildman–Crippen MR) is 83.1 cm³/mol. The van der Waals surface area contributed by atoms with Crippen molar-refractivity contribution in [1.29, 1.82) is 0 Å². The number of thiazole rings is 1. The van der Waals surface area contributed by atoms with Gasteiger partial charge in [0.2, 0.25) is 0 Å². The molecule has 0 spiro atoms. The minimum atomic E-state index is 0.703. The van der Waals surface area contributed by atoms with Gasteiger partial charge in [-0.25, -0.2) is 4.98 Å². The monoisotopic (exact) mass is 275 g/mol. The van der Waals surface area contributed by atoms with Gasteiger partial charge in [0.1, 0.15) is 0 Å². The second-order valence-corrected chi connectivity index (χ2v) is 6.52. The lowest BCUT2D eigenvalue weighted by Crippen LogP contribution is -2.35. The topological polar surface area (TPSA) is 42.1 Å². The van der Waals surface area contributed by atoms with Gasteiger partial charge in [-0.2, -0.15) is 0 Å². The zero-order valence-corrected chi connectivity index (χ0v) is 12.5. The number of rotatable bonds is 2. The Balaban J connectivity index is 1.90. The number of anilines is 1. The average Bonchev–Trinajstić information content (AvgIpc) is 2.89. The van der Waals surface area contributed by atoms with E-state index in [-0.39, 0.29) is 0 Å². The quantitative estimate of drug-likeness (QED) is 0.916. The van der Waals surface area contributed by atoms with E-state index >= 15 is 0 Å². The summed E-state index contributed by atoms with van der Waals surface area (Å²) in [6, 6.07) is 4.36. The van der Waals surface area contributed by atoms with Crippen LogP contribution in [-0.2, 0) is 0 Å². The highest BCUT2D eigenvalue weighted by Crippen LogP contribution is 2.34. The summed E-state index contributed by atoms with van der Waals surface area (Å²) in [4.78, 5) is 7.29. The van der Waals surface area contributed by atoms with Gasteiger partial charge in [0, 0.05) is 13.1 Å². The first-order valence-corrected chi connectivity index (χ1v) is 7.82. The van der Waals surface area contributed by atoms with Crippen LogP contribution in [0.2, 0.25) is 0 Å². The third-order valence-corrected chi connectivity index (χ3v) is 5.40. The summed E-state index contributed by atoms with van der Waals surface area (Å²) in [7, 11) is 0. The largest absolute Gasteiger partial charge is 0.348 e. The Morgan fingerprint density at radius 2 is 1.95 bits per heavy atom. The lowest BCUT2D eigenvalue weighted by molar-refractivity contribution is 0.414. The molecule has 3 rings (SSSR count). The van der Waals surface area contributed by atoms with Crippen molar-refractivity contribution in [2.24, 2.45) is 11.7 Å².